The number of hydrogen-bond donors (Lipinski definition) is 1. The van der Waals surface area contributed by atoms with E-state index in [1.165, 1.54) is 6.20 Å². The van der Waals surface area contributed by atoms with Gasteiger partial charge in [-0.2, -0.15) is 34.7 Å². The normalized spacial score (nSPS) is 12.3. The Labute approximate surface area is 158 Å². The van der Waals surface area contributed by atoms with Gasteiger partial charge in [-0.25, -0.2) is 4.98 Å². The van der Waals surface area contributed by atoms with Crippen molar-refractivity contribution in [3.63, 3.8) is 0 Å². The van der Waals surface area contributed by atoms with Crippen LogP contribution in [0.3, 0.4) is 0 Å². The molecule has 5 nitrogen and oxygen atoms in total. The molecule has 2 aromatic heterocycles. The summed E-state index contributed by atoms with van der Waals surface area (Å²) in [5.74, 6) is 0.767. The molecule has 1 N–H and O–H groups in total. The second-order valence-electron chi connectivity index (χ2n) is 6.38. The Morgan fingerprint density at radius 3 is 2.46 bits per heavy atom. The van der Waals surface area contributed by atoms with Crippen molar-refractivity contribution in [3.05, 3.63) is 45.5 Å². The van der Waals surface area contributed by atoms with Crippen LogP contribution in [0.2, 0.25) is 5.02 Å². The standard InChI is InChI=1S/C16H18ClF3N4OS/c1-15(2,3)26-7-6-21-11-9-23-24(14(25)13(11)17)12-5-4-10(8-22-12)16(18,19)20/h4-5,8-9,21H,6-7H2,1-3H3. The fourth-order valence-corrected chi connectivity index (χ4v) is 2.95. The molecule has 0 aliphatic rings. The van der Waals surface area contributed by atoms with Crippen molar-refractivity contribution in [3.8, 4) is 5.82 Å². The number of nitrogens with one attached hydrogen (secondary N) is 1. The minimum absolute atomic E-state index is 0.0419. The quantitative estimate of drug-likeness (QED) is 0.752. The Hall–Kier alpha value is -1.74. The molecule has 2 rings (SSSR count). The number of rotatable bonds is 5. The van der Waals surface area contributed by atoms with Gasteiger partial charge < -0.3 is 5.32 Å². The summed E-state index contributed by atoms with van der Waals surface area (Å²) in [6, 6.07) is 1.90. The van der Waals surface area contributed by atoms with Gasteiger partial charge in [0.2, 0.25) is 0 Å². The van der Waals surface area contributed by atoms with Gasteiger partial charge in [-0.3, -0.25) is 4.79 Å². The van der Waals surface area contributed by atoms with Crippen LogP contribution in [-0.4, -0.2) is 31.8 Å². The Morgan fingerprint density at radius 2 is 1.92 bits per heavy atom. The van der Waals surface area contributed by atoms with E-state index in [1.54, 1.807) is 11.8 Å². The van der Waals surface area contributed by atoms with Crippen molar-refractivity contribution in [2.75, 3.05) is 17.6 Å². The molecule has 0 spiro atoms. The highest BCUT2D eigenvalue weighted by atomic mass is 35.5. The third kappa shape index (κ3) is 5.38. The van der Waals surface area contributed by atoms with Crippen molar-refractivity contribution in [1.29, 1.82) is 0 Å². The fraction of sp³-hybridized carbons (Fsp3) is 0.438. The molecule has 26 heavy (non-hydrogen) atoms. The molecule has 0 amide bonds. The van der Waals surface area contributed by atoms with Crippen LogP contribution in [0.4, 0.5) is 18.9 Å². The number of aromatic nitrogens is 3. The number of hydrogen-bond acceptors (Lipinski definition) is 5. The van der Waals surface area contributed by atoms with Gasteiger partial charge in [0.15, 0.2) is 5.82 Å². The summed E-state index contributed by atoms with van der Waals surface area (Å²) in [4.78, 5) is 16.0. The zero-order valence-corrected chi connectivity index (χ0v) is 16.0. The maximum atomic E-state index is 12.6. The summed E-state index contributed by atoms with van der Waals surface area (Å²) < 4.78 is 38.7. The van der Waals surface area contributed by atoms with Gasteiger partial charge >= 0.3 is 6.18 Å². The van der Waals surface area contributed by atoms with E-state index in [0.717, 1.165) is 22.6 Å². The van der Waals surface area contributed by atoms with Crippen LogP contribution < -0.4 is 10.9 Å². The zero-order valence-electron chi connectivity index (χ0n) is 14.4. The van der Waals surface area contributed by atoms with Crippen molar-refractivity contribution < 1.29 is 13.2 Å². The molecule has 0 bridgehead atoms. The number of halogens is 4. The Balaban J connectivity index is 2.15. The first-order valence-electron chi connectivity index (χ1n) is 7.68. The Morgan fingerprint density at radius 1 is 1.23 bits per heavy atom. The molecular formula is C16H18ClF3N4OS. The van der Waals surface area contributed by atoms with Crippen molar-refractivity contribution in [2.24, 2.45) is 0 Å². The van der Waals surface area contributed by atoms with E-state index >= 15 is 0 Å². The number of pyridine rings is 1. The van der Waals surface area contributed by atoms with Gasteiger partial charge in [-0.15, -0.1) is 0 Å². The molecule has 0 aliphatic carbocycles. The molecule has 0 saturated carbocycles. The van der Waals surface area contributed by atoms with E-state index in [2.05, 4.69) is 36.2 Å². The second-order valence-corrected chi connectivity index (χ2v) is 8.68. The molecule has 0 fully saturated rings. The molecular weight excluding hydrogens is 389 g/mol. The second kappa shape index (κ2) is 7.87. The first-order valence-corrected chi connectivity index (χ1v) is 9.05. The van der Waals surface area contributed by atoms with Crippen LogP contribution in [0.5, 0.6) is 0 Å². The summed E-state index contributed by atoms with van der Waals surface area (Å²) >= 11 is 7.83. The molecule has 2 heterocycles. The van der Waals surface area contributed by atoms with Crippen LogP contribution in [-0.2, 0) is 6.18 Å². The van der Waals surface area contributed by atoms with E-state index in [1.807, 2.05) is 0 Å². The first kappa shape index (κ1) is 20.6. The third-order valence-corrected chi connectivity index (χ3v) is 4.80. The fourth-order valence-electron chi connectivity index (χ4n) is 1.94. The molecule has 0 unspecified atom stereocenters. The molecule has 2 aromatic rings. The maximum Gasteiger partial charge on any atom is 0.417 e. The average molecular weight is 407 g/mol. The van der Waals surface area contributed by atoms with Gasteiger partial charge in [0.25, 0.3) is 5.56 Å². The average Bonchev–Trinajstić information content (AvgIpc) is 2.54. The molecule has 142 valence electrons. The number of thioether (sulfide) groups is 1. The largest absolute Gasteiger partial charge is 0.417 e. The minimum Gasteiger partial charge on any atom is -0.382 e. The minimum atomic E-state index is -4.50. The summed E-state index contributed by atoms with van der Waals surface area (Å²) in [6.07, 6.45) is -2.50. The summed E-state index contributed by atoms with van der Waals surface area (Å²) in [7, 11) is 0. The lowest BCUT2D eigenvalue weighted by molar-refractivity contribution is -0.137. The smallest absolute Gasteiger partial charge is 0.382 e. The molecule has 0 saturated heterocycles. The van der Waals surface area contributed by atoms with Crippen LogP contribution >= 0.6 is 23.4 Å². The van der Waals surface area contributed by atoms with Crippen LogP contribution in [0, 0.1) is 0 Å². The molecule has 0 aromatic carbocycles. The van der Waals surface area contributed by atoms with E-state index in [4.69, 9.17) is 11.6 Å². The number of alkyl halides is 3. The predicted molar refractivity (Wildman–Crippen MR) is 98.3 cm³/mol. The van der Waals surface area contributed by atoms with Gasteiger partial charge in [-0.05, 0) is 12.1 Å². The third-order valence-electron chi connectivity index (χ3n) is 3.16. The molecule has 10 heteroatoms. The molecule has 0 atom stereocenters. The summed E-state index contributed by atoms with van der Waals surface area (Å²) in [6.45, 7) is 6.89. The van der Waals surface area contributed by atoms with E-state index in [0.29, 0.717) is 18.4 Å². The predicted octanol–water partition coefficient (Wildman–Crippen LogP) is 4.24. The lowest BCUT2D eigenvalue weighted by Gasteiger charge is -2.18. The van der Waals surface area contributed by atoms with Crippen molar-refractivity contribution in [1.82, 2.24) is 14.8 Å². The number of nitrogens with zero attached hydrogens (tertiary/aromatic N) is 3. The summed E-state index contributed by atoms with van der Waals surface area (Å²) in [5, 5.41) is 6.88. The van der Waals surface area contributed by atoms with Crippen LogP contribution in [0.1, 0.15) is 26.3 Å². The van der Waals surface area contributed by atoms with Crippen LogP contribution in [0.15, 0.2) is 29.3 Å². The van der Waals surface area contributed by atoms with Gasteiger partial charge in [0, 0.05) is 23.2 Å². The van der Waals surface area contributed by atoms with Gasteiger partial charge in [-0.1, -0.05) is 32.4 Å². The highest BCUT2D eigenvalue weighted by molar-refractivity contribution is 8.00. The first-order chi connectivity index (χ1) is 12.0. The Kier molecular flexibility index (Phi) is 6.23. The van der Waals surface area contributed by atoms with Crippen molar-refractivity contribution in [2.45, 2.75) is 31.7 Å². The van der Waals surface area contributed by atoms with Gasteiger partial charge in [0.1, 0.15) is 5.02 Å². The maximum absolute atomic E-state index is 12.6. The van der Waals surface area contributed by atoms with E-state index in [9.17, 15) is 18.0 Å². The van der Waals surface area contributed by atoms with Crippen molar-refractivity contribution >= 4 is 29.1 Å². The van der Waals surface area contributed by atoms with E-state index in [-0.39, 0.29) is 15.6 Å². The van der Waals surface area contributed by atoms with E-state index < -0.39 is 17.3 Å². The number of anilines is 1. The lowest BCUT2D eigenvalue weighted by atomic mass is 10.3. The molecule has 0 radical (unpaired) electrons. The topological polar surface area (TPSA) is 59.8 Å². The Bertz CT molecular complexity index is 816. The lowest BCUT2D eigenvalue weighted by Crippen LogP contribution is -2.24. The van der Waals surface area contributed by atoms with Crippen LogP contribution in [0.25, 0.3) is 5.82 Å². The highest BCUT2D eigenvalue weighted by Gasteiger charge is 2.30. The SMILES string of the molecule is CC(C)(C)SCCNc1cnn(-c2ccc(C(F)(F)F)cn2)c(=O)c1Cl. The van der Waals surface area contributed by atoms with Gasteiger partial charge in [0.05, 0.1) is 17.4 Å². The highest BCUT2D eigenvalue weighted by Crippen LogP contribution is 2.28. The monoisotopic (exact) mass is 406 g/mol. The zero-order chi connectivity index (χ0) is 19.5. The molecule has 0 aliphatic heterocycles. The summed E-state index contributed by atoms with van der Waals surface area (Å²) in [5.41, 5.74) is -1.20.